The third-order valence-corrected chi connectivity index (χ3v) is 5.51. The molecule has 0 saturated heterocycles. The van der Waals surface area contributed by atoms with Crippen LogP contribution in [-0.2, 0) is 6.18 Å². The number of benzene rings is 1. The highest BCUT2D eigenvalue weighted by Crippen LogP contribution is 2.34. The van der Waals surface area contributed by atoms with Gasteiger partial charge in [0.2, 0.25) is 11.7 Å². The van der Waals surface area contributed by atoms with E-state index in [0.717, 1.165) is 16.8 Å². The zero-order chi connectivity index (χ0) is 23.9. The molecule has 3 heterocycles. The zero-order valence-electron chi connectivity index (χ0n) is 16.8. The van der Waals surface area contributed by atoms with E-state index in [4.69, 9.17) is 16.0 Å². The molecule has 3 aromatic heterocycles. The Morgan fingerprint density at radius 1 is 1.15 bits per heavy atom. The first-order chi connectivity index (χ1) is 15.6. The highest BCUT2D eigenvalue weighted by molar-refractivity contribution is 7.98. The van der Waals surface area contributed by atoms with Gasteiger partial charge in [-0.15, -0.1) is 11.8 Å². The topological polar surface area (TPSA) is 86.7 Å². The van der Waals surface area contributed by atoms with E-state index in [2.05, 4.69) is 19.9 Å². The van der Waals surface area contributed by atoms with Gasteiger partial charge in [0.1, 0.15) is 16.5 Å². The number of hydrogen-bond donors (Lipinski definition) is 0. The van der Waals surface area contributed by atoms with Crippen molar-refractivity contribution >= 4 is 23.4 Å². The fourth-order valence-electron chi connectivity index (χ4n) is 2.92. The Balaban J connectivity index is 1.96. The van der Waals surface area contributed by atoms with E-state index in [1.807, 2.05) is 0 Å². The molecule has 13 heteroatoms. The fourth-order valence-corrected chi connectivity index (χ4v) is 3.58. The van der Waals surface area contributed by atoms with Crippen LogP contribution >= 0.6 is 23.4 Å². The lowest BCUT2D eigenvalue weighted by molar-refractivity contribution is -0.144. The van der Waals surface area contributed by atoms with E-state index >= 15 is 0 Å². The molecule has 4 rings (SSSR count). The van der Waals surface area contributed by atoms with E-state index in [1.165, 1.54) is 36.2 Å². The summed E-state index contributed by atoms with van der Waals surface area (Å²) in [6.07, 6.45) is -0.677. The van der Waals surface area contributed by atoms with Crippen LogP contribution in [-0.4, -0.2) is 30.8 Å². The highest BCUT2D eigenvalue weighted by Gasteiger charge is 2.35. The molecule has 0 spiro atoms. The van der Waals surface area contributed by atoms with Crippen LogP contribution < -0.4 is 5.69 Å². The largest absolute Gasteiger partial charge is 0.451 e. The molecule has 0 fully saturated rings. The number of aryl methyl sites for hydroxylation is 1. The normalized spacial score (nSPS) is 11.7. The first-order valence-corrected chi connectivity index (χ1v) is 10.7. The Morgan fingerprint density at radius 3 is 2.58 bits per heavy atom. The van der Waals surface area contributed by atoms with Crippen LogP contribution in [0, 0.1) is 12.7 Å². The van der Waals surface area contributed by atoms with Crippen molar-refractivity contribution in [2.75, 3.05) is 6.26 Å². The fraction of sp³-hybridized carbons (Fsp3) is 0.150. The summed E-state index contributed by atoms with van der Waals surface area (Å²) in [5.41, 5.74) is -0.201. The number of hydrogen-bond acceptors (Lipinski definition) is 7. The van der Waals surface area contributed by atoms with Crippen LogP contribution in [0.4, 0.5) is 17.6 Å². The van der Waals surface area contributed by atoms with Crippen molar-refractivity contribution in [3.8, 4) is 28.7 Å². The molecule has 7 nitrogen and oxygen atoms in total. The lowest BCUT2D eigenvalue weighted by Crippen LogP contribution is -2.23. The van der Waals surface area contributed by atoms with Crippen LogP contribution in [0.25, 0.3) is 28.7 Å². The minimum atomic E-state index is -4.79. The Kier molecular flexibility index (Phi) is 5.97. The van der Waals surface area contributed by atoms with Gasteiger partial charge in [0.25, 0.3) is 0 Å². The van der Waals surface area contributed by atoms with Crippen molar-refractivity contribution in [1.29, 1.82) is 0 Å². The molecule has 0 atom stereocenters. The molecule has 0 amide bonds. The standard InChI is InChI=1S/C20H12ClF4N5O2S/c1-9-8-30(19(31)29-17(9)33-2)15-14(10-3-4-11(21)12(22)7-10)32-16(28-15)13-5-6-26-18(27-13)20(23,24)25/h3-8H,1-2H3. The average Bonchev–Trinajstić information content (AvgIpc) is 3.21. The van der Waals surface area contributed by atoms with E-state index in [9.17, 15) is 22.4 Å². The number of nitrogens with zero attached hydrogens (tertiary/aromatic N) is 5. The number of alkyl halides is 3. The second-order valence-corrected chi connectivity index (χ2v) is 7.85. The number of oxazole rings is 1. The van der Waals surface area contributed by atoms with Gasteiger partial charge >= 0.3 is 11.9 Å². The first kappa shape index (κ1) is 22.9. The maximum absolute atomic E-state index is 14.1. The van der Waals surface area contributed by atoms with E-state index in [1.54, 1.807) is 13.2 Å². The molecule has 0 bridgehead atoms. The highest BCUT2D eigenvalue weighted by atomic mass is 35.5. The van der Waals surface area contributed by atoms with Crippen LogP contribution in [0.15, 0.2) is 50.9 Å². The van der Waals surface area contributed by atoms with Gasteiger partial charge in [-0.05, 0) is 43.0 Å². The minimum Gasteiger partial charge on any atom is -0.432 e. The molecule has 170 valence electrons. The van der Waals surface area contributed by atoms with E-state index in [-0.39, 0.29) is 33.7 Å². The molecular formula is C20H12ClF4N5O2S. The lowest BCUT2D eigenvalue weighted by Gasteiger charge is -2.07. The van der Waals surface area contributed by atoms with Crippen LogP contribution in [0.1, 0.15) is 11.4 Å². The summed E-state index contributed by atoms with van der Waals surface area (Å²) in [6.45, 7) is 1.72. The molecular weight excluding hydrogens is 486 g/mol. The van der Waals surface area contributed by atoms with Crippen LogP contribution in [0.3, 0.4) is 0 Å². The van der Waals surface area contributed by atoms with Gasteiger partial charge in [0, 0.05) is 18.0 Å². The third-order valence-electron chi connectivity index (χ3n) is 4.40. The van der Waals surface area contributed by atoms with Crippen molar-refractivity contribution in [2.45, 2.75) is 18.1 Å². The second-order valence-electron chi connectivity index (χ2n) is 6.65. The smallest absolute Gasteiger partial charge is 0.432 e. The van der Waals surface area contributed by atoms with E-state index in [0.29, 0.717) is 10.6 Å². The predicted molar refractivity (Wildman–Crippen MR) is 113 cm³/mol. The summed E-state index contributed by atoms with van der Waals surface area (Å²) >= 11 is 7.02. The third kappa shape index (κ3) is 4.48. The number of rotatable bonds is 4. The molecule has 0 radical (unpaired) electrons. The summed E-state index contributed by atoms with van der Waals surface area (Å²) < 4.78 is 60.1. The summed E-state index contributed by atoms with van der Waals surface area (Å²) in [5, 5.41) is 0.342. The van der Waals surface area contributed by atoms with Crippen molar-refractivity contribution < 1.29 is 22.0 Å². The Labute approximate surface area is 192 Å². The van der Waals surface area contributed by atoms with Gasteiger partial charge < -0.3 is 4.42 Å². The van der Waals surface area contributed by atoms with Gasteiger partial charge in [-0.25, -0.2) is 23.7 Å². The van der Waals surface area contributed by atoms with Gasteiger partial charge in [0.15, 0.2) is 11.6 Å². The Morgan fingerprint density at radius 2 is 1.91 bits per heavy atom. The van der Waals surface area contributed by atoms with Crippen molar-refractivity contribution in [1.82, 2.24) is 24.5 Å². The maximum Gasteiger partial charge on any atom is 0.451 e. The van der Waals surface area contributed by atoms with Gasteiger partial charge in [-0.2, -0.15) is 23.1 Å². The summed E-state index contributed by atoms with van der Waals surface area (Å²) in [4.78, 5) is 27.5. The van der Waals surface area contributed by atoms with Crippen LogP contribution in [0.5, 0.6) is 0 Å². The molecule has 1 aromatic carbocycles. The molecule has 33 heavy (non-hydrogen) atoms. The minimum absolute atomic E-state index is 0.0899. The maximum atomic E-state index is 14.1. The number of aromatic nitrogens is 5. The quantitative estimate of drug-likeness (QED) is 0.218. The van der Waals surface area contributed by atoms with Gasteiger partial charge in [-0.3, -0.25) is 0 Å². The molecule has 0 aliphatic heterocycles. The summed E-state index contributed by atoms with van der Waals surface area (Å²) in [6, 6.07) is 4.91. The van der Waals surface area contributed by atoms with E-state index < -0.39 is 23.5 Å². The van der Waals surface area contributed by atoms with Gasteiger partial charge in [0.05, 0.1) is 5.02 Å². The molecule has 0 aliphatic carbocycles. The molecule has 0 saturated carbocycles. The number of halogens is 5. The Bertz CT molecular complexity index is 1420. The SMILES string of the molecule is CSc1nc(=O)n(-c2nc(-c3ccnc(C(F)(F)F)n3)oc2-c2ccc(Cl)c(F)c2)cc1C. The molecule has 0 unspecified atom stereocenters. The second kappa shape index (κ2) is 8.60. The summed E-state index contributed by atoms with van der Waals surface area (Å²) in [7, 11) is 0. The number of thioether (sulfide) groups is 1. The molecule has 0 N–H and O–H groups in total. The lowest BCUT2D eigenvalue weighted by atomic mass is 10.1. The predicted octanol–water partition coefficient (Wildman–Crippen LogP) is 5.19. The zero-order valence-corrected chi connectivity index (χ0v) is 18.4. The monoisotopic (exact) mass is 497 g/mol. The van der Waals surface area contributed by atoms with Crippen molar-refractivity contribution in [2.24, 2.45) is 0 Å². The molecule has 0 aliphatic rings. The Hall–Kier alpha value is -3.25. The van der Waals surface area contributed by atoms with Crippen molar-refractivity contribution in [3.63, 3.8) is 0 Å². The van der Waals surface area contributed by atoms with Gasteiger partial charge in [-0.1, -0.05) is 11.6 Å². The van der Waals surface area contributed by atoms with Crippen LogP contribution in [0.2, 0.25) is 5.02 Å². The average molecular weight is 498 g/mol. The molecule has 4 aromatic rings. The summed E-state index contributed by atoms with van der Waals surface area (Å²) in [5.74, 6) is -2.68. The van der Waals surface area contributed by atoms with Crippen molar-refractivity contribution in [3.05, 3.63) is 69.4 Å². The first-order valence-electron chi connectivity index (χ1n) is 9.10.